The highest BCUT2D eigenvalue weighted by molar-refractivity contribution is 7.09. The van der Waals surface area contributed by atoms with Crippen LogP contribution in [0.25, 0.3) is 11.2 Å². The number of aliphatic hydroxyl groups excluding tert-OH is 2. The van der Waals surface area contributed by atoms with Crippen LogP contribution in [0.15, 0.2) is 60.5 Å². The van der Waals surface area contributed by atoms with Gasteiger partial charge in [0.15, 0.2) is 23.2 Å². The minimum atomic E-state index is -1.26. The molecule has 12 heteroatoms. The molecule has 3 aromatic heterocycles. The quantitative estimate of drug-likeness (QED) is 0.282. The maximum absolute atomic E-state index is 12.6. The summed E-state index contributed by atoms with van der Waals surface area (Å²) in [4.78, 5) is 38.5. The van der Waals surface area contributed by atoms with Gasteiger partial charge in [0.1, 0.15) is 18.5 Å². The Balaban J connectivity index is 1.26. The molecule has 36 heavy (non-hydrogen) atoms. The molecule has 186 valence electrons. The van der Waals surface area contributed by atoms with Crippen molar-refractivity contribution in [2.75, 3.05) is 5.32 Å². The highest BCUT2D eigenvalue weighted by Gasteiger charge is 2.44. The third kappa shape index (κ3) is 4.97. The highest BCUT2D eigenvalue weighted by Crippen LogP contribution is 2.34. The summed E-state index contributed by atoms with van der Waals surface area (Å²) in [5.41, 5.74) is 1.09. The lowest BCUT2D eigenvalue weighted by Gasteiger charge is -2.16. The first kappa shape index (κ1) is 24.0. The molecule has 1 fully saturated rings. The fourth-order valence-electron chi connectivity index (χ4n) is 4.06. The Kier molecular flexibility index (Phi) is 7.00. The van der Waals surface area contributed by atoms with E-state index in [-0.39, 0.29) is 30.5 Å². The first-order chi connectivity index (χ1) is 17.5. The molecule has 0 bridgehead atoms. The lowest BCUT2D eigenvalue weighted by Crippen LogP contribution is -2.32. The first-order valence-electron chi connectivity index (χ1n) is 11.4. The molecule has 0 saturated carbocycles. The second kappa shape index (κ2) is 10.5. The van der Waals surface area contributed by atoms with Crippen molar-refractivity contribution < 1.29 is 24.5 Å². The van der Waals surface area contributed by atoms with E-state index in [2.05, 4.69) is 25.6 Å². The molecule has 1 aromatic carbocycles. The molecule has 1 aliphatic heterocycles. The summed E-state index contributed by atoms with van der Waals surface area (Å²) in [6.07, 6.45) is -1.15. The van der Waals surface area contributed by atoms with Crippen LogP contribution in [0.4, 0.5) is 5.82 Å². The molecule has 4 N–H and O–H groups in total. The van der Waals surface area contributed by atoms with E-state index in [1.165, 1.54) is 17.2 Å². The number of aromatic nitrogens is 4. The Hall–Kier alpha value is -3.71. The van der Waals surface area contributed by atoms with Crippen LogP contribution in [-0.2, 0) is 16.1 Å². The number of imidazole rings is 1. The monoisotopic (exact) mass is 508 g/mol. The number of anilines is 1. The minimum Gasteiger partial charge on any atom is -0.388 e. The molecular weight excluding hydrogens is 484 g/mol. The van der Waals surface area contributed by atoms with E-state index >= 15 is 0 Å². The summed E-state index contributed by atoms with van der Waals surface area (Å²) in [5, 5.41) is 28.7. The molecule has 4 heterocycles. The Morgan fingerprint density at radius 3 is 2.67 bits per heavy atom. The van der Waals surface area contributed by atoms with Crippen molar-refractivity contribution in [2.24, 2.45) is 0 Å². The van der Waals surface area contributed by atoms with Crippen molar-refractivity contribution in [3.05, 3.63) is 70.9 Å². The van der Waals surface area contributed by atoms with Gasteiger partial charge in [-0.25, -0.2) is 15.0 Å². The molecule has 0 spiro atoms. The van der Waals surface area contributed by atoms with Crippen molar-refractivity contribution in [1.29, 1.82) is 0 Å². The van der Waals surface area contributed by atoms with Crippen LogP contribution in [0.2, 0.25) is 0 Å². The van der Waals surface area contributed by atoms with Gasteiger partial charge in [-0.1, -0.05) is 24.3 Å². The predicted molar refractivity (Wildman–Crippen MR) is 131 cm³/mol. The molecule has 11 nitrogen and oxygen atoms in total. The summed E-state index contributed by atoms with van der Waals surface area (Å²) in [7, 11) is 0. The number of hydrogen-bond donors (Lipinski definition) is 4. The van der Waals surface area contributed by atoms with Gasteiger partial charge >= 0.3 is 0 Å². The number of amides is 2. The third-order valence-electron chi connectivity index (χ3n) is 5.93. The Morgan fingerprint density at radius 1 is 1.06 bits per heavy atom. The molecule has 0 unspecified atom stereocenters. The number of aliphatic hydroxyl groups is 2. The van der Waals surface area contributed by atoms with Crippen LogP contribution in [0, 0.1) is 0 Å². The number of benzene rings is 1. The fraction of sp³-hybridized carbons (Fsp3) is 0.292. The van der Waals surface area contributed by atoms with Gasteiger partial charge < -0.3 is 25.6 Å². The Labute approximate surface area is 209 Å². The fourth-order valence-corrected chi connectivity index (χ4v) is 4.70. The van der Waals surface area contributed by atoms with Gasteiger partial charge in [-0.05, 0) is 30.0 Å². The van der Waals surface area contributed by atoms with Crippen LogP contribution in [0.3, 0.4) is 0 Å². The lowest BCUT2D eigenvalue weighted by atomic mass is 10.1. The van der Waals surface area contributed by atoms with Gasteiger partial charge in [0, 0.05) is 16.9 Å². The number of carbonyl (C=O) groups excluding carboxylic acids is 2. The molecule has 4 aromatic rings. The Morgan fingerprint density at radius 2 is 1.89 bits per heavy atom. The number of nitrogens with zero attached hydrogens (tertiary/aromatic N) is 4. The van der Waals surface area contributed by atoms with Gasteiger partial charge in [0.25, 0.3) is 5.91 Å². The van der Waals surface area contributed by atoms with Crippen LogP contribution >= 0.6 is 11.3 Å². The smallest absolute Gasteiger partial charge is 0.256 e. The largest absolute Gasteiger partial charge is 0.388 e. The van der Waals surface area contributed by atoms with Crippen molar-refractivity contribution >= 4 is 40.1 Å². The van der Waals surface area contributed by atoms with E-state index in [1.807, 2.05) is 23.6 Å². The Bertz CT molecular complexity index is 1350. The van der Waals surface area contributed by atoms with Crippen LogP contribution in [0.1, 0.15) is 34.3 Å². The number of nitrogens with one attached hydrogen (secondary N) is 2. The van der Waals surface area contributed by atoms with Crippen molar-refractivity contribution in [2.45, 2.75) is 43.9 Å². The zero-order valence-corrected chi connectivity index (χ0v) is 19.8. The molecule has 0 radical (unpaired) electrons. The number of thiophene rings is 1. The first-order valence-corrected chi connectivity index (χ1v) is 12.2. The molecule has 4 atom stereocenters. The maximum atomic E-state index is 12.6. The highest BCUT2D eigenvalue weighted by atomic mass is 32.1. The zero-order chi connectivity index (χ0) is 25.1. The van der Waals surface area contributed by atoms with Crippen molar-refractivity contribution in [3.8, 4) is 0 Å². The predicted octanol–water partition coefficient (Wildman–Crippen LogP) is 1.86. The minimum absolute atomic E-state index is 0.134. The van der Waals surface area contributed by atoms with Gasteiger partial charge in [-0.2, -0.15) is 0 Å². The van der Waals surface area contributed by atoms with Gasteiger partial charge in [-0.3, -0.25) is 14.2 Å². The van der Waals surface area contributed by atoms with Gasteiger partial charge in [0.2, 0.25) is 5.91 Å². The summed E-state index contributed by atoms with van der Waals surface area (Å²) in [6, 6.07) is 12.5. The van der Waals surface area contributed by atoms with Gasteiger partial charge in [0.05, 0.1) is 19.0 Å². The number of hydrogen-bond acceptors (Lipinski definition) is 9. The van der Waals surface area contributed by atoms with E-state index in [9.17, 15) is 19.8 Å². The summed E-state index contributed by atoms with van der Waals surface area (Å²) >= 11 is 1.56. The molecule has 1 saturated heterocycles. The van der Waals surface area contributed by atoms with Crippen LogP contribution in [0.5, 0.6) is 0 Å². The third-order valence-corrected chi connectivity index (χ3v) is 6.81. The molecular formula is C24H24N6O5S. The van der Waals surface area contributed by atoms with E-state index < -0.39 is 24.5 Å². The maximum Gasteiger partial charge on any atom is 0.256 e. The normalized spacial score (nSPS) is 21.5. The summed E-state index contributed by atoms with van der Waals surface area (Å²) < 4.78 is 7.41. The van der Waals surface area contributed by atoms with Crippen molar-refractivity contribution in [3.63, 3.8) is 0 Å². The summed E-state index contributed by atoms with van der Waals surface area (Å²) in [5.74, 6) is -0.313. The van der Waals surface area contributed by atoms with Crippen LogP contribution < -0.4 is 10.6 Å². The second-order valence-corrected chi connectivity index (χ2v) is 9.34. The molecule has 2 amide bonds. The molecule has 1 aliphatic rings. The average Bonchev–Trinajstić information content (AvgIpc) is 3.63. The number of ether oxygens (including phenoxy) is 1. The standard InChI is InChI=1S/C24H24N6O5S/c31-17(25-11-15-7-4-10-36-15)9-8-16-19(32)20(33)24(35-16)30-13-28-18-21(26-12-27-22(18)30)29-23(34)14-5-2-1-3-6-14/h1-7,10,12-13,16,19-20,24,32-33H,8-9,11H2,(H,25,31)(H,26,27,29,34)/t16-,19-,20-,24-/m1/s1. The van der Waals surface area contributed by atoms with E-state index in [1.54, 1.807) is 35.6 Å². The second-order valence-electron chi connectivity index (χ2n) is 8.31. The number of rotatable bonds is 8. The van der Waals surface area contributed by atoms with Crippen molar-refractivity contribution in [1.82, 2.24) is 24.8 Å². The van der Waals surface area contributed by atoms with Gasteiger partial charge in [-0.15, -0.1) is 11.3 Å². The summed E-state index contributed by atoms with van der Waals surface area (Å²) in [6.45, 7) is 0.444. The SMILES string of the molecule is O=C(CC[C@H]1O[C@@H](n2cnc3c(NC(=O)c4ccccc4)ncnc32)[C@H](O)[C@@H]1O)NCc1cccs1. The average molecular weight is 509 g/mol. The molecule has 0 aliphatic carbocycles. The van der Waals surface area contributed by atoms with Crippen LogP contribution in [-0.4, -0.2) is 59.9 Å². The number of fused-ring (bicyclic) bond motifs is 1. The van der Waals surface area contributed by atoms with E-state index in [4.69, 9.17) is 4.74 Å². The zero-order valence-electron chi connectivity index (χ0n) is 19.0. The molecule has 5 rings (SSSR count). The van der Waals surface area contributed by atoms with E-state index in [0.29, 0.717) is 23.3 Å². The lowest BCUT2D eigenvalue weighted by molar-refractivity contribution is -0.122. The topological polar surface area (TPSA) is 151 Å². The van der Waals surface area contributed by atoms with E-state index in [0.717, 1.165) is 4.88 Å². The number of carbonyl (C=O) groups is 2.